The standard InChI is InChI=1S/C15H21BrN2O/c1-10-5-4-8-17-14(10)15(19)18-11(2)12-6-3-7-13(16)9-12/h3,6-7,9-11,14,17H,4-5,8H2,1-2H3,(H,18,19)/t10?,11-,14?/m0/s1. The molecule has 1 aromatic carbocycles. The number of hydrogen-bond acceptors (Lipinski definition) is 2. The number of piperidine rings is 1. The number of hydrogen-bond donors (Lipinski definition) is 2. The summed E-state index contributed by atoms with van der Waals surface area (Å²) in [4.78, 5) is 12.3. The highest BCUT2D eigenvalue weighted by Gasteiger charge is 2.28. The van der Waals surface area contributed by atoms with Crippen molar-refractivity contribution in [1.82, 2.24) is 10.6 Å². The van der Waals surface area contributed by atoms with Crippen LogP contribution in [0.2, 0.25) is 0 Å². The predicted molar refractivity (Wildman–Crippen MR) is 80.9 cm³/mol. The molecule has 0 saturated carbocycles. The lowest BCUT2D eigenvalue weighted by atomic mass is 9.92. The zero-order chi connectivity index (χ0) is 13.8. The summed E-state index contributed by atoms with van der Waals surface area (Å²) in [6.45, 7) is 5.10. The van der Waals surface area contributed by atoms with Gasteiger partial charge >= 0.3 is 0 Å². The van der Waals surface area contributed by atoms with Crippen LogP contribution in [0.25, 0.3) is 0 Å². The van der Waals surface area contributed by atoms with Crippen LogP contribution in [0.15, 0.2) is 28.7 Å². The fraction of sp³-hybridized carbons (Fsp3) is 0.533. The third kappa shape index (κ3) is 3.80. The highest BCUT2D eigenvalue weighted by atomic mass is 79.9. The van der Waals surface area contributed by atoms with Crippen molar-refractivity contribution in [2.75, 3.05) is 6.54 Å². The predicted octanol–water partition coefficient (Wildman–Crippen LogP) is 3.01. The largest absolute Gasteiger partial charge is 0.348 e. The molecule has 3 nitrogen and oxygen atoms in total. The van der Waals surface area contributed by atoms with Gasteiger partial charge in [0.05, 0.1) is 12.1 Å². The van der Waals surface area contributed by atoms with Crippen LogP contribution in [0.5, 0.6) is 0 Å². The molecule has 19 heavy (non-hydrogen) atoms. The van der Waals surface area contributed by atoms with Gasteiger partial charge in [-0.3, -0.25) is 4.79 Å². The summed E-state index contributed by atoms with van der Waals surface area (Å²) >= 11 is 3.46. The quantitative estimate of drug-likeness (QED) is 0.897. The lowest BCUT2D eigenvalue weighted by molar-refractivity contribution is -0.125. The first kappa shape index (κ1) is 14.5. The van der Waals surface area contributed by atoms with Crippen LogP contribution in [-0.2, 0) is 4.79 Å². The van der Waals surface area contributed by atoms with Crippen molar-refractivity contribution in [1.29, 1.82) is 0 Å². The molecule has 1 saturated heterocycles. The van der Waals surface area contributed by atoms with E-state index >= 15 is 0 Å². The lowest BCUT2D eigenvalue weighted by Crippen LogP contribution is -2.51. The van der Waals surface area contributed by atoms with Gasteiger partial charge in [0, 0.05) is 4.47 Å². The second-order valence-corrected chi connectivity index (χ2v) is 6.25. The minimum Gasteiger partial charge on any atom is -0.348 e. The summed E-state index contributed by atoms with van der Waals surface area (Å²) in [5, 5.41) is 6.42. The monoisotopic (exact) mass is 324 g/mol. The van der Waals surface area contributed by atoms with E-state index in [9.17, 15) is 4.79 Å². The van der Waals surface area contributed by atoms with E-state index < -0.39 is 0 Å². The molecule has 1 aliphatic heterocycles. The van der Waals surface area contributed by atoms with Crippen LogP contribution in [0.3, 0.4) is 0 Å². The van der Waals surface area contributed by atoms with Gasteiger partial charge in [-0.2, -0.15) is 0 Å². The van der Waals surface area contributed by atoms with Gasteiger partial charge in [0.25, 0.3) is 0 Å². The Morgan fingerprint density at radius 3 is 3.00 bits per heavy atom. The van der Waals surface area contributed by atoms with E-state index in [1.165, 1.54) is 0 Å². The van der Waals surface area contributed by atoms with Crippen LogP contribution in [0, 0.1) is 5.92 Å². The van der Waals surface area contributed by atoms with E-state index in [1.54, 1.807) is 0 Å². The zero-order valence-corrected chi connectivity index (χ0v) is 13.0. The number of carbonyl (C=O) groups excluding carboxylic acids is 1. The van der Waals surface area contributed by atoms with Gasteiger partial charge in [0.1, 0.15) is 0 Å². The van der Waals surface area contributed by atoms with Gasteiger partial charge < -0.3 is 10.6 Å². The van der Waals surface area contributed by atoms with Gasteiger partial charge in [-0.25, -0.2) is 0 Å². The van der Waals surface area contributed by atoms with Crippen LogP contribution in [0.4, 0.5) is 0 Å². The highest BCUT2D eigenvalue weighted by Crippen LogP contribution is 2.20. The number of benzene rings is 1. The van der Waals surface area contributed by atoms with E-state index in [4.69, 9.17) is 0 Å². The molecule has 1 aromatic rings. The zero-order valence-electron chi connectivity index (χ0n) is 11.4. The van der Waals surface area contributed by atoms with Gasteiger partial charge in [0.15, 0.2) is 0 Å². The Morgan fingerprint density at radius 2 is 2.32 bits per heavy atom. The Kier molecular flexibility index (Phi) is 4.99. The molecule has 1 fully saturated rings. The van der Waals surface area contributed by atoms with E-state index in [0.29, 0.717) is 5.92 Å². The Bertz CT molecular complexity index is 450. The lowest BCUT2D eigenvalue weighted by Gasteiger charge is -2.30. The van der Waals surface area contributed by atoms with E-state index in [1.807, 2.05) is 31.2 Å². The van der Waals surface area contributed by atoms with Crippen molar-refractivity contribution in [2.45, 2.75) is 38.8 Å². The second kappa shape index (κ2) is 6.53. The number of nitrogens with one attached hydrogen (secondary N) is 2. The normalized spacial score (nSPS) is 24.8. The Morgan fingerprint density at radius 1 is 1.53 bits per heavy atom. The van der Waals surface area contributed by atoms with Crippen molar-refractivity contribution in [2.24, 2.45) is 5.92 Å². The van der Waals surface area contributed by atoms with E-state index in [-0.39, 0.29) is 18.0 Å². The highest BCUT2D eigenvalue weighted by molar-refractivity contribution is 9.10. The van der Waals surface area contributed by atoms with Gasteiger partial charge in [-0.15, -0.1) is 0 Å². The molecular weight excluding hydrogens is 304 g/mol. The van der Waals surface area contributed by atoms with Crippen molar-refractivity contribution in [3.63, 3.8) is 0 Å². The summed E-state index contributed by atoms with van der Waals surface area (Å²) < 4.78 is 1.04. The maximum absolute atomic E-state index is 12.3. The fourth-order valence-corrected chi connectivity index (χ4v) is 2.98. The summed E-state index contributed by atoms with van der Waals surface area (Å²) in [7, 11) is 0. The summed E-state index contributed by atoms with van der Waals surface area (Å²) in [5.74, 6) is 0.517. The third-order valence-electron chi connectivity index (χ3n) is 3.76. The molecular formula is C15H21BrN2O. The molecule has 0 bridgehead atoms. The van der Waals surface area contributed by atoms with E-state index in [0.717, 1.165) is 29.4 Å². The van der Waals surface area contributed by atoms with E-state index in [2.05, 4.69) is 33.5 Å². The molecule has 1 aliphatic rings. The number of amides is 1. The van der Waals surface area contributed by atoms with Crippen LogP contribution in [0.1, 0.15) is 38.3 Å². The minimum absolute atomic E-state index is 0.0286. The number of carbonyl (C=O) groups is 1. The summed E-state index contributed by atoms with van der Waals surface area (Å²) in [5.41, 5.74) is 1.12. The Balaban J connectivity index is 1.98. The molecule has 104 valence electrons. The van der Waals surface area contributed by atoms with Crippen molar-refractivity contribution < 1.29 is 4.79 Å². The molecule has 2 unspecified atom stereocenters. The van der Waals surface area contributed by atoms with Crippen LogP contribution in [-0.4, -0.2) is 18.5 Å². The molecule has 2 rings (SSSR count). The van der Waals surface area contributed by atoms with Crippen molar-refractivity contribution >= 4 is 21.8 Å². The minimum atomic E-state index is -0.0525. The first-order valence-electron chi connectivity index (χ1n) is 6.87. The number of halogens is 1. The summed E-state index contributed by atoms with van der Waals surface area (Å²) in [6.07, 6.45) is 2.28. The average Bonchev–Trinajstić information content (AvgIpc) is 2.39. The average molecular weight is 325 g/mol. The van der Waals surface area contributed by atoms with Gasteiger partial charge in [0.2, 0.25) is 5.91 Å². The maximum Gasteiger partial charge on any atom is 0.237 e. The molecule has 4 heteroatoms. The summed E-state index contributed by atoms with van der Waals surface area (Å²) in [6, 6.07) is 8.03. The Hall–Kier alpha value is -0.870. The van der Waals surface area contributed by atoms with Crippen molar-refractivity contribution in [3.05, 3.63) is 34.3 Å². The molecule has 0 aromatic heterocycles. The molecule has 0 aliphatic carbocycles. The molecule has 2 N–H and O–H groups in total. The molecule has 3 atom stereocenters. The second-order valence-electron chi connectivity index (χ2n) is 5.34. The fourth-order valence-electron chi connectivity index (χ4n) is 2.56. The SMILES string of the molecule is CC1CCCNC1C(=O)N[C@@H](C)c1cccc(Br)c1. The van der Waals surface area contributed by atoms with Crippen molar-refractivity contribution in [3.8, 4) is 0 Å². The van der Waals surface area contributed by atoms with Crippen LogP contribution >= 0.6 is 15.9 Å². The Labute approximate surface area is 123 Å². The first-order valence-corrected chi connectivity index (χ1v) is 7.66. The molecule has 0 radical (unpaired) electrons. The molecule has 0 spiro atoms. The maximum atomic E-state index is 12.3. The first-order chi connectivity index (χ1) is 9.08. The number of rotatable bonds is 3. The molecule has 1 amide bonds. The smallest absolute Gasteiger partial charge is 0.237 e. The topological polar surface area (TPSA) is 41.1 Å². The van der Waals surface area contributed by atoms with Crippen LogP contribution < -0.4 is 10.6 Å². The third-order valence-corrected chi connectivity index (χ3v) is 4.25. The molecule has 1 heterocycles. The van der Waals surface area contributed by atoms with Gasteiger partial charge in [-0.05, 0) is 49.9 Å². The van der Waals surface area contributed by atoms with Gasteiger partial charge in [-0.1, -0.05) is 35.0 Å².